The Labute approximate surface area is 155 Å². The van der Waals surface area contributed by atoms with Gasteiger partial charge >= 0.3 is 5.69 Å². The van der Waals surface area contributed by atoms with Gasteiger partial charge in [0.25, 0.3) is 5.91 Å². The molecule has 0 heterocycles. The molecule has 0 saturated carbocycles. The van der Waals surface area contributed by atoms with Gasteiger partial charge in [-0.2, -0.15) is 5.26 Å². The Morgan fingerprint density at radius 1 is 1.33 bits per heavy atom. The number of methoxy groups -OCH3 is 1. The fourth-order valence-electron chi connectivity index (χ4n) is 2.28. The summed E-state index contributed by atoms with van der Waals surface area (Å²) in [6.07, 6.45) is 1.27. The second-order valence-electron chi connectivity index (χ2n) is 5.27. The number of nitro groups is 1. The van der Waals surface area contributed by atoms with Crippen LogP contribution in [0.25, 0.3) is 6.08 Å². The summed E-state index contributed by atoms with van der Waals surface area (Å²) in [5.74, 6) is 0.0426. The molecule has 8 nitrogen and oxygen atoms in total. The normalized spacial score (nSPS) is 10.6. The van der Waals surface area contributed by atoms with Crippen molar-refractivity contribution in [3.8, 4) is 17.6 Å². The topological polar surface area (TPSA) is 114 Å². The van der Waals surface area contributed by atoms with Gasteiger partial charge in [0, 0.05) is 17.8 Å². The molecular formula is C19H17N3O5. The molecule has 8 heteroatoms. The molecule has 0 aliphatic carbocycles. The molecule has 1 amide bonds. The van der Waals surface area contributed by atoms with E-state index in [1.54, 1.807) is 30.3 Å². The highest BCUT2D eigenvalue weighted by atomic mass is 16.6. The highest BCUT2D eigenvalue weighted by Crippen LogP contribution is 2.28. The summed E-state index contributed by atoms with van der Waals surface area (Å²) in [6.45, 7) is 2.33. The van der Waals surface area contributed by atoms with E-state index in [1.165, 1.54) is 31.4 Å². The third-order valence-corrected chi connectivity index (χ3v) is 3.48. The van der Waals surface area contributed by atoms with E-state index in [4.69, 9.17) is 9.47 Å². The lowest BCUT2D eigenvalue weighted by Crippen LogP contribution is -2.13. The van der Waals surface area contributed by atoms with Crippen LogP contribution in [0.4, 0.5) is 11.4 Å². The average molecular weight is 367 g/mol. The molecular weight excluding hydrogens is 350 g/mol. The molecule has 0 bridgehead atoms. The number of rotatable bonds is 7. The summed E-state index contributed by atoms with van der Waals surface area (Å²) in [4.78, 5) is 22.9. The number of hydrogen-bond donors (Lipinski definition) is 1. The largest absolute Gasteiger partial charge is 0.494 e. The van der Waals surface area contributed by atoms with E-state index < -0.39 is 10.8 Å². The molecule has 0 aliphatic rings. The Morgan fingerprint density at radius 3 is 2.74 bits per heavy atom. The second kappa shape index (κ2) is 9.01. The summed E-state index contributed by atoms with van der Waals surface area (Å²) in [6, 6.07) is 12.7. The monoisotopic (exact) mass is 367 g/mol. The van der Waals surface area contributed by atoms with Crippen LogP contribution in [-0.2, 0) is 4.79 Å². The van der Waals surface area contributed by atoms with Crippen LogP contribution in [0, 0.1) is 21.4 Å². The number of amides is 1. The number of carbonyl (C=O) groups excluding carboxylic acids is 1. The van der Waals surface area contributed by atoms with E-state index in [0.717, 1.165) is 0 Å². The molecule has 0 atom stereocenters. The van der Waals surface area contributed by atoms with Gasteiger partial charge < -0.3 is 14.8 Å². The van der Waals surface area contributed by atoms with Gasteiger partial charge in [0.05, 0.1) is 18.6 Å². The van der Waals surface area contributed by atoms with Crippen molar-refractivity contribution in [3.63, 3.8) is 0 Å². The van der Waals surface area contributed by atoms with Crippen LogP contribution in [-0.4, -0.2) is 24.5 Å². The molecule has 1 N–H and O–H groups in total. The SMILES string of the molecule is CCOc1cccc(NC(=O)/C(C#N)=C/c2ccc(OC)c([N+](=O)[O-])c2)c1. The van der Waals surface area contributed by atoms with Crippen molar-refractivity contribution >= 4 is 23.4 Å². The van der Waals surface area contributed by atoms with E-state index in [2.05, 4.69) is 5.32 Å². The summed E-state index contributed by atoms with van der Waals surface area (Å²) >= 11 is 0. The van der Waals surface area contributed by atoms with E-state index in [1.807, 2.05) is 6.92 Å². The van der Waals surface area contributed by atoms with E-state index in [0.29, 0.717) is 23.6 Å². The number of nitrogens with one attached hydrogen (secondary N) is 1. The van der Waals surface area contributed by atoms with Gasteiger partial charge in [-0.1, -0.05) is 12.1 Å². The Kier molecular flexibility index (Phi) is 6.49. The lowest BCUT2D eigenvalue weighted by Gasteiger charge is -2.07. The molecule has 0 fully saturated rings. The standard InChI is InChI=1S/C19H17N3O5/c1-3-27-16-6-4-5-15(11-16)21-19(23)14(12-20)9-13-7-8-18(26-2)17(10-13)22(24)25/h4-11H,3H2,1-2H3,(H,21,23)/b14-9+. The Bertz CT molecular complexity index is 931. The predicted octanol–water partition coefficient (Wildman–Crippen LogP) is 3.55. The van der Waals surface area contributed by atoms with Crippen molar-refractivity contribution in [2.45, 2.75) is 6.92 Å². The smallest absolute Gasteiger partial charge is 0.311 e. The maximum absolute atomic E-state index is 12.4. The molecule has 2 rings (SSSR count). The molecule has 2 aromatic rings. The van der Waals surface area contributed by atoms with Crippen LogP contribution in [0.2, 0.25) is 0 Å². The number of anilines is 1. The molecule has 2 aromatic carbocycles. The van der Waals surface area contributed by atoms with E-state index in [9.17, 15) is 20.2 Å². The Morgan fingerprint density at radius 2 is 2.11 bits per heavy atom. The van der Waals surface area contributed by atoms with Crippen LogP contribution in [0.1, 0.15) is 12.5 Å². The van der Waals surface area contributed by atoms with Gasteiger partial charge in [-0.3, -0.25) is 14.9 Å². The van der Waals surface area contributed by atoms with Crippen LogP contribution in [0.15, 0.2) is 48.0 Å². The highest BCUT2D eigenvalue weighted by Gasteiger charge is 2.16. The number of carbonyl (C=O) groups is 1. The van der Waals surface area contributed by atoms with Crippen LogP contribution in [0.3, 0.4) is 0 Å². The number of nitrogens with zero attached hydrogens (tertiary/aromatic N) is 2. The first-order valence-corrected chi connectivity index (χ1v) is 7.97. The molecule has 27 heavy (non-hydrogen) atoms. The second-order valence-corrected chi connectivity index (χ2v) is 5.27. The molecule has 138 valence electrons. The van der Waals surface area contributed by atoms with Gasteiger partial charge in [0.15, 0.2) is 5.75 Å². The van der Waals surface area contributed by atoms with Crippen molar-refractivity contribution in [2.75, 3.05) is 19.0 Å². The summed E-state index contributed by atoms with van der Waals surface area (Å²) < 4.78 is 10.3. The maximum Gasteiger partial charge on any atom is 0.311 e. The molecule has 0 aromatic heterocycles. The Balaban J connectivity index is 2.27. The zero-order valence-electron chi connectivity index (χ0n) is 14.8. The number of nitro benzene ring substituents is 1. The molecule has 0 radical (unpaired) electrons. The first-order valence-electron chi connectivity index (χ1n) is 7.97. The molecule has 0 aliphatic heterocycles. The van der Waals surface area contributed by atoms with Crippen molar-refractivity contribution in [1.82, 2.24) is 0 Å². The first kappa shape index (κ1) is 19.5. The summed E-state index contributed by atoms with van der Waals surface area (Å²) in [5.41, 5.74) is 0.342. The van der Waals surface area contributed by atoms with Crippen molar-refractivity contribution in [3.05, 3.63) is 63.7 Å². The third kappa shape index (κ3) is 5.06. The minimum atomic E-state index is -0.635. The van der Waals surface area contributed by atoms with Crippen LogP contribution < -0.4 is 14.8 Å². The number of nitriles is 1. The van der Waals surface area contributed by atoms with Crippen LogP contribution >= 0.6 is 0 Å². The van der Waals surface area contributed by atoms with Gasteiger partial charge in [0.2, 0.25) is 0 Å². The zero-order chi connectivity index (χ0) is 19.8. The third-order valence-electron chi connectivity index (χ3n) is 3.48. The summed E-state index contributed by atoms with van der Waals surface area (Å²) in [5, 5.41) is 23.0. The molecule has 0 spiro atoms. The van der Waals surface area contributed by atoms with Crippen molar-refractivity contribution in [2.24, 2.45) is 0 Å². The summed E-state index contributed by atoms with van der Waals surface area (Å²) in [7, 11) is 1.32. The predicted molar refractivity (Wildman–Crippen MR) is 99.5 cm³/mol. The average Bonchev–Trinajstić information content (AvgIpc) is 2.66. The maximum atomic E-state index is 12.4. The minimum Gasteiger partial charge on any atom is -0.494 e. The van der Waals surface area contributed by atoms with Crippen molar-refractivity contribution < 1.29 is 19.2 Å². The zero-order valence-corrected chi connectivity index (χ0v) is 14.8. The van der Waals surface area contributed by atoms with Crippen LogP contribution in [0.5, 0.6) is 11.5 Å². The van der Waals surface area contributed by atoms with Gasteiger partial charge in [0.1, 0.15) is 17.4 Å². The minimum absolute atomic E-state index is 0.0906. The van der Waals surface area contributed by atoms with E-state index in [-0.39, 0.29) is 17.0 Å². The quantitative estimate of drug-likeness (QED) is 0.346. The number of benzene rings is 2. The number of ether oxygens (including phenoxy) is 2. The fourth-order valence-corrected chi connectivity index (χ4v) is 2.28. The van der Waals surface area contributed by atoms with Crippen molar-refractivity contribution in [1.29, 1.82) is 5.26 Å². The highest BCUT2D eigenvalue weighted by molar-refractivity contribution is 6.09. The first-order chi connectivity index (χ1) is 13.0. The van der Waals surface area contributed by atoms with Gasteiger partial charge in [-0.25, -0.2) is 0 Å². The van der Waals surface area contributed by atoms with Gasteiger partial charge in [-0.15, -0.1) is 0 Å². The lowest BCUT2D eigenvalue weighted by molar-refractivity contribution is -0.385. The Hall–Kier alpha value is -3.86. The fraction of sp³-hybridized carbons (Fsp3) is 0.158. The molecule has 0 saturated heterocycles. The van der Waals surface area contributed by atoms with E-state index >= 15 is 0 Å². The number of hydrogen-bond acceptors (Lipinski definition) is 6. The lowest BCUT2D eigenvalue weighted by atomic mass is 10.1. The van der Waals surface area contributed by atoms with Gasteiger partial charge in [-0.05, 0) is 36.8 Å². The molecule has 0 unspecified atom stereocenters.